The second-order valence-electron chi connectivity index (χ2n) is 5.52. The average Bonchev–Trinajstić information content (AvgIpc) is 2.99. The summed E-state index contributed by atoms with van der Waals surface area (Å²) in [5.41, 5.74) is 1.28. The quantitative estimate of drug-likeness (QED) is 0.504. The summed E-state index contributed by atoms with van der Waals surface area (Å²) in [6, 6.07) is 4.32. The molecule has 0 aliphatic carbocycles. The number of non-ortho nitro benzene ring substituents is 1. The zero-order chi connectivity index (χ0) is 18.6. The molecule has 3 N–H and O–H groups in total. The van der Waals surface area contributed by atoms with Crippen molar-refractivity contribution in [1.29, 1.82) is 0 Å². The summed E-state index contributed by atoms with van der Waals surface area (Å²) in [4.78, 5) is 22.5. The van der Waals surface area contributed by atoms with Crippen LogP contribution < -0.4 is 5.32 Å². The highest BCUT2D eigenvalue weighted by atomic mass is 16.6. The molecule has 0 saturated carbocycles. The van der Waals surface area contributed by atoms with Gasteiger partial charge in [-0.1, -0.05) is 0 Å². The SMILES string of the molecule is CCn1ncc(C(=O)NC(CO)C(O)c2ccc([N+](=O)[O-])cc2)c1C. The van der Waals surface area contributed by atoms with E-state index in [2.05, 4.69) is 10.4 Å². The van der Waals surface area contributed by atoms with E-state index >= 15 is 0 Å². The van der Waals surface area contributed by atoms with Crippen LogP contribution in [0.2, 0.25) is 0 Å². The molecule has 0 fully saturated rings. The first-order chi connectivity index (χ1) is 11.9. The highest BCUT2D eigenvalue weighted by Gasteiger charge is 2.24. The Bertz CT molecular complexity index is 756. The number of carbonyl (C=O) groups is 1. The molecule has 1 heterocycles. The van der Waals surface area contributed by atoms with Crippen LogP contribution in [0, 0.1) is 17.0 Å². The molecule has 0 aliphatic rings. The topological polar surface area (TPSA) is 131 Å². The molecule has 25 heavy (non-hydrogen) atoms. The molecule has 0 bridgehead atoms. The third kappa shape index (κ3) is 4.01. The number of nitro groups is 1. The fourth-order valence-corrected chi connectivity index (χ4v) is 2.48. The largest absolute Gasteiger partial charge is 0.394 e. The van der Waals surface area contributed by atoms with E-state index in [0.29, 0.717) is 23.4 Å². The van der Waals surface area contributed by atoms with Gasteiger partial charge in [0, 0.05) is 24.4 Å². The van der Waals surface area contributed by atoms with Gasteiger partial charge in [0.2, 0.25) is 0 Å². The maximum Gasteiger partial charge on any atom is 0.269 e. The Morgan fingerprint density at radius 2 is 2.04 bits per heavy atom. The minimum Gasteiger partial charge on any atom is -0.394 e. The fourth-order valence-electron chi connectivity index (χ4n) is 2.48. The van der Waals surface area contributed by atoms with Crippen LogP contribution in [0.5, 0.6) is 0 Å². The van der Waals surface area contributed by atoms with Crippen LogP contribution in [-0.4, -0.2) is 43.5 Å². The summed E-state index contributed by atoms with van der Waals surface area (Å²) in [7, 11) is 0. The summed E-state index contributed by atoms with van der Waals surface area (Å²) >= 11 is 0. The number of amides is 1. The molecule has 2 aromatic rings. The maximum absolute atomic E-state index is 12.4. The van der Waals surface area contributed by atoms with Gasteiger partial charge < -0.3 is 15.5 Å². The summed E-state index contributed by atoms with van der Waals surface area (Å²) in [6.07, 6.45) is 0.220. The van der Waals surface area contributed by atoms with Crippen LogP contribution in [0.1, 0.15) is 34.6 Å². The number of rotatable bonds is 7. The molecule has 0 radical (unpaired) electrons. The second-order valence-corrected chi connectivity index (χ2v) is 5.52. The number of hydrogen-bond donors (Lipinski definition) is 3. The second kappa shape index (κ2) is 7.86. The van der Waals surface area contributed by atoms with Gasteiger partial charge in [-0.2, -0.15) is 5.10 Å². The number of carbonyl (C=O) groups excluding carboxylic acids is 1. The molecule has 0 spiro atoms. The van der Waals surface area contributed by atoms with Crippen LogP contribution >= 0.6 is 0 Å². The number of aryl methyl sites for hydroxylation is 1. The third-order valence-corrected chi connectivity index (χ3v) is 3.99. The Morgan fingerprint density at radius 1 is 1.40 bits per heavy atom. The average molecular weight is 348 g/mol. The van der Waals surface area contributed by atoms with E-state index in [0.717, 1.165) is 0 Å². The standard InChI is InChI=1S/C16H20N4O5/c1-3-19-10(2)13(8-17-19)16(23)18-14(9-21)15(22)11-4-6-12(7-5-11)20(24)25/h4-8,14-15,21-22H,3,9H2,1-2H3,(H,18,23). The van der Waals surface area contributed by atoms with Crippen LogP contribution in [0.4, 0.5) is 5.69 Å². The molecule has 0 saturated heterocycles. The van der Waals surface area contributed by atoms with Gasteiger partial charge in [0.1, 0.15) is 6.10 Å². The van der Waals surface area contributed by atoms with E-state index in [-0.39, 0.29) is 5.69 Å². The van der Waals surface area contributed by atoms with Crippen LogP contribution in [-0.2, 0) is 6.54 Å². The molecule has 1 amide bonds. The molecule has 134 valence electrons. The van der Waals surface area contributed by atoms with Crippen molar-refractivity contribution in [3.63, 3.8) is 0 Å². The number of nitrogens with one attached hydrogen (secondary N) is 1. The zero-order valence-electron chi connectivity index (χ0n) is 13.9. The van der Waals surface area contributed by atoms with Gasteiger partial charge in [-0.3, -0.25) is 19.6 Å². The molecule has 0 aliphatic heterocycles. The lowest BCUT2D eigenvalue weighted by Crippen LogP contribution is -2.42. The van der Waals surface area contributed by atoms with Gasteiger partial charge in [0.15, 0.2) is 0 Å². The smallest absolute Gasteiger partial charge is 0.269 e. The highest BCUT2D eigenvalue weighted by molar-refractivity contribution is 5.95. The van der Waals surface area contributed by atoms with Crippen LogP contribution in [0.3, 0.4) is 0 Å². The number of nitro benzene ring substituents is 1. The van der Waals surface area contributed by atoms with Crippen molar-refractivity contribution in [2.45, 2.75) is 32.5 Å². The van der Waals surface area contributed by atoms with E-state index in [1.54, 1.807) is 11.6 Å². The van der Waals surface area contributed by atoms with Crippen molar-refractivity contribution in [1.82, 2.24) is 15.1 Å². The lowest BCUT2D eigenvalue weighted by molar-refractivity contribution is -0.384. The van der Waals surface area contributed by atoms with E-state index in [1.807, 2.05) is 6.92 Å². The van der Waals surface area contributed by atoms with Crippen LogP contribution in [0.25, 0.3) is 0 Å². The van der Waals surface area contributed by atoms with E-state index in [9.17, 15) is 25.1 Å². The zero-order valence-corrected chi connectivity index (χ0v) is 13.9. The maximum atomic E-state index is 12.4. The van der Waals surface area contributed by atoms with E-state index in [1.165, 1.54) is 30.5 Å². The number of benzene rings is 1. The van der Waals surface area contributed by atoms with Crippen molar-refractivity contribution in [2.75, 3.05) is 6.61 Å². The molecule has 9 nitrogen and oxygen atoms in total. The summed E-state index contributed by atoms with van der Waals surface area (Å²) < 4.78 is 1.66. The van der Waals surface area contributed by atoms with Gasteiger partial charge in [0.25, 0.3) is 11.6 Å². The number of aliphatic hydroxyl groups is 2. The molecular weight excluding hydrogens is 328 g/mol. The Morgan fingerprint density at radius 3 is 2.52 bits per heavy atom. The normalized spacial score (nSPS) is 13.3. The molecule has 1 aromatic carbocycles. The van der Waals surface area contributed by atoms with Gasteiger partial charge in [-0.15, -0.1) is 0 Å². The van der Waals surface area contributed by atoms with Gasteiger partial charge in [-0.05, 0) is 31.5 Å². The molecule has 2 atom stereocenters. The van der Waals surface area contributed by atoms with E-state index in [4.69, 9.17) is 0 Å². The molecule has 9 heteroatoms. The van der Waals surface area contributed by atoms with Crippen molar-refractivity contribution >= 4 is 11.6 Å². The summed E-state index contributed by atoms with van der Waals surface area (Å²) in [5.74, 6) is -0.461. The molecule has 1 aromatic heterocycles. The lowest BCUT2D eigenvalue weighted by Gasteiger charge is -2.22. The molecule has 2 rings (SSSR count). The Kier molecular flexibility index (Phi) is 5.84. The predicted octanol–water partition coefficient (Wildman–Crippen LogP) is 0.944. The first-order valence-electron chi connectivity index (χ1n) is 7.75. The van der Waals surface area contributed by atoms with Crippen molar-refractivity contribution in [3.8, 4) is 0 Å². The summed E-state index contributed by atoms with van der Waals surface area (Å²) in [5, 5.41) is 37.2. The molecular formula is C16H20N4O5. The number of nitrogens with zero attached hydrogens (tertiary/aromatic N) is 3. The van der Waals surface area contributed by atoms with Gasteiger partial charge in [0.05, 0.1) is 29.3 Å². The minimum absolute atomic E-state index is 0.108. The fraction of sp³-hybridized carbons (Fsp3) is 0.375. The van der Waals surface area contributed by atoms with Crippen molar-refractivity contribution in [2.24, 2.45) is 0 Å². The number of aromatic nitrogens is 2. The monoisotopic (exact) mass is 348 g/mol. The first kappa shape index (κ1) is 18.6. The Labute approximate surface area is 144 Å². The number of hydrogen-bond acceptors (Lipinski definition) is 6. The Balaban J connectivity index is 2.13. The minimum atomic E-state index is -1.21. The van der Waals surface area contributed by atoms with Gasteiger partial charge >= 0.3 is 0 Å². The summed E-state index contributed by atoms with van der Waals surface area (Å²) in [6.45, 7) is 3.78. The van der Waals surface area contributed by atoms with Crippen molar-refractivity contribution in [3.05, 3.63) is 57.4 Å². The van der Waals surface area contributed by atoms with Gasteiger partial charge in [-0.25, -0.2) is 0 Å². The van der Waals surface area contributed by atoms with Crippen molar-refractivity contribution < 1.29 is 19.9 Å². The molecule has 2 unspecified atom stereocenters. The van der Waals surface area contributed by atoms with E-state index < -0.39 is 29.6 Å². The highest BCUT2D eigenvalue weighted by Crippen LogP contribution is 2.21. The van der Waals surface area contributed by atoms with Crippen LogP contribution in [0.15, 0.2) is 30.5 Å². The first-order valence-corrected chi connectivity index (χ1v) is 7.75. The predicted molar refractivity (Wildman–Crippen MR) is 89.0 cm³/mol. The Hall–Kier alpha value is -2.78. The number of aliphatic hydroxyl groups excluding tert-OH is 2. The third-order valence-electron chi connectivity index (χ3n) is 3.99. The lowest BCUT2D eigenvalue weighted by atomic mass is 10.0.